The van der Waals surface area contributed by atoms with Gasteiger partial charge in [0.05, 0.1) is 18.5 Å². The lowest BCUT2D eigenvalue weighted by atomic mass is 10.0. The largest absolute Gasteiger partial charge is 0.272 e. The van der Waals surface area contributed by atoms with E-state index in [0.29, 0.717) is 0 Å². The number of hydrogen-bond acceptors (Lipinski definition) is 2. The minimum Gasteiger partial charge on any atom is -0.272 e. The fourth-order valence-electron chi connectivity index (χ4n) is 1.88. The van der Waals surface area contributed by atoms with Gasteiger partial charge in [0.1, 0.15) is 5.83 Å². The summed E-state index contributed by atoms with van der Waals surface area (Å²) >= 11 is 0. The van der Waals surface area contributed by atoms with E-state index in [0.717, 1.165) is 16.8 Å². The molecule has 1 aliphatic rings. The van der Waals surface area contributed by atoms with E-state index in [9.17, 15) is 4.39 Å². The van der Waals surface area contributed by atoms with E-state index in [2.05, 4.69) is 6.58 Å². The second-order valence-corrected chi connectivity index (χ2v) is 3.81. The van der Waals surface area contributed by atoms with Gasteiger partial charge in [-0.3, -0.25) is 4.84 Å². The molecule has 0 unspecified atom stereocenters. The van der Waals surface area contributed by atoms with Gasteiger partial charge in [-0.05, 0) is 18.6 Å². The van der Waals surface area contributed by atoms with Crippen LogP contribution in [-0.4, -0.2) is 12.2 Å². The summed E-state index contributed by atoms with van der Waals surface area (Å²) in [6, 6.07) is 9.71. The number of halogens is 1. The molecule has 0 fully saturated rings. The number of hydroxylamine groups is 2. The van der Waals surface area contributed by atoms with E-state index < -0.39 is 0 Å². The molecule has 0 saturated carbocycles. The van der Waals surface area contributed by atoms with Crippen LogP contribution in [0.1, 0.15) is 12.5 Å². The molecule has 88 valence electrons. The lowest BCUT2D eigenvalue weighted by molar-refractivity contribution is -0.0455. The van der Waals surface area contributed by atoms with Gasteiger partial charge in [0, 0.05) is 5.56 Å². The van der Waals surface area contributed by atoms with Gasteiger partial charge in [0.15, 0.2) is 0 Å². The van der Waals surface area contributed by atoms with E-state index in [1.807, 2.05) is 37.3 Å². The highest BCUT2D eigenvalue weighted by Gasteiger charge is 2.24. The van der Waals surface area contributed by atoms with Crippen molar-refractivity contribution in [3.8, 4) is 0 Å². The van der Waals surface area contributed by atoms with Gasteiger partial charge >= 0.3 is 0 Å². The molecule has 0 radical (unpaired) electrons. The van der Waals surface area contributed by atoms with Crippen LogP contribution in [0.3, 0.4) is 0 Å². The first-order valence-corrected chi connectivity index (χ1v) is 5.32. The molecule has 1 aliphatic heterocycles. The molecule has 2 rings (SSSR count). The Morgan fingerprint density at radius 2 is 1.88 bits per heavy atom. The minimum atomic E-state index is -0.371. The first kappa shape index (κ1) is 11.6. The molecule has 0 atom stereocenters. The Labute approximate surface area is 100 Å². The first-order chi connectivity index (χ1) is 8.15. The predicted octanol–water partition coefficient (Wildman–Crippen LogP) is 3.66. The highest BCUT2D eigenvalue weighted by Crippen LogP contribution is 2.34. The Morgan fingerprint density at radius 3 is 2.47 bits per heavy atom. The van der Waals surface area contributed by atoms with E-state index in [1.165, 1.54) is 18.2 Å². The SMILES string of the molecule is C=C1C(F)=CC(C)=C(c2ccccc2)N1OC. The average Bonchev–Trinajstić information content (AvgIpc) is 2.34. The Hall–Kier alpha value is -1.87. The number of benzene rings is 1. The Balaban J connectivity index is 2.56. The van der Waals surface area contributed by atoms with Crippen LogP contribution in [0.5, 0.6) is 0 Å². The number of allylic oxidation sites excluding steroid dienone is 3. The van der Waals surface area contributed by atoms with Gasteiger partial charge in [0.2, 0.25) is 0 Å². The van der Waals surface area contributed by atoms with Crippen molar-refractivity contribution >= 4 is 5.70 Å². The smallest absolute Gasteiger partial charge is 0.149 e. The van der Waals surface area contributed by atoms with Gasteiger partial charge in [-0.25, -0.2) is 9.45 Å². The van der Waals surface area contributed by atoms with Gasteiger partial charge in [-0.2, -0.15) is 0 Å². The summed E-state index contributed by atoms with van der Waals surface area (Å²) in [5.74, 6) is -0.371. The van der Waals surface area contributed by atoms with Crippen molar-refractivity contribution in [3.05, 3.63) is 65.6 Å². The maximum Gasteiger partial charge on any atom is 0.149 e. The summed E-state index contributed by atoms with van der Waals surface area (Å²) in [5.41, 5.74) is 2.82. The summed E-state index contributed by atoms with van der Waals surface area (Å²) in [4.78, 5) is 5.21. The third-order valence-corrected chi connectivity index (χ3v) is 2.67. The highest BCUT2D eigenvalue weighted by atomic mass is 19.1. The van der Waals surface area contributed by atoms with Crippen LogP contribution in [0, 0.1) is 0 Å². The quantitative estimate of drug-likeness (QED) is 0.770. The molecule has 0 saturated heterocycles. The van der Waals surface area contributed by atoms with Gasteiger partial charge in [-0.1, -0.05) is 36.9 Å². The van der Waals surface area contributed by atoms with Gasteiger partial charge in [0.25, 0.3) is 0 Å². The molecule has 0 aromatic heterocycles. The molecule has 3 heteroatoms. The molecule has 0 aliphatic carbocycles. The third-order valence-electron chi connectivity index (χ3n) is 2.67. The van der Waals surface area contributed by atoms with E-state index in [-0.39, 0.29) is 11.5 Å². The maximum absolute atomic E-state index is 13.6. The van der Waals surface area contributed by atoms with Crippen LogP contribution in [-0.2, 0) is 4.84 Å². The van der Waals surface area contributed by atoms with E-state index >= 15 is 0 Å². The van der Waals surface area contributed by atoms with Gasteiger partial charge < -0.3 is 0 Å². The summed E-state index contributed by atoms with van der Waals surface area (Å²) in [6.45, 7) is 5.53. The highest BCUT2D eigenvalue weighted by molar-refractivity contribution is 5.72. The lowest BCUT2D eigenvalue weighted by Gasteiger charge is -2.30. The normalized spacial score (nSPS) is 16.3. The standard InChI is InChI=1S/C14H14FNO/c1-10-9-13(15)11(2)16(17-3)14(10)12-7-5-4-6-8-12/h4-9H,2H2,1,3H3. The Morgan fingerprint density at radius 1 is 1.24 bits per heavy atom. The second kappa shape index (κ2) is 4.55. The molecule has 0 bridgehead atoms. The molecule has 1 heterocycles. The van der Waals surface area contributed by atoms with Crippen molar-refractivity contribution in [2.75, 3.05) is 7.11 Å². The Kier molecular flexibility index (Phi) is 3.11. The number of hydrogen-bond donors (Lipinski definition) is 0. The second-order valence-electron chi connectivity index (χ2n) is 3.81. The van der Waals surface area contributed by atoms with Crippen molar-refractivity contribution in [2.45, 2.75) is 6.92 Å². The Bertz CT molecular complexity index is 502. The molecule has 2 nitrogen and oxygen atoms in total. The number of nitrogens with zero attached hydrogens (tertiary/aromatic N) is 1. The van der Waals surface area contributed by atoms with Crippen LogP contribution in [0.4, 0.5) is 4.39 Å². The third kappa shape index (κ3) is 2.01. The monoisotopic (exact) mass is 231 g/mol. The fraction of sp³-hybridized carbons (Fsp3) is 0.143. The summed E-state index contributed by atoms with van der Waals surface area (Å²) in [6.07, 6.45) is 1.47. The molecule has 0 N–H and O–H groups in total. The molecule has 0 amide bonds. The first-order valence-electron chi connectivity index (χ1n) is 5.32. The summed E-state index contributed by atoms with van der Waals surface area (Å²) in [5, 5.41) is 1.42. The summed E-state index contributed by atoms with van der Waals surface area (Å²) < 4.78 is 13.6. The minimum absolute atomic E-state index is 0.219. The predicted molar refractivity (Wildman–Crippen MR) is 66.2 cm³/mol. The topological polar surface area (TPSA) is 12.5 Å². The van der Waals surface area contributed by atoms with Crippen LogP contribution < -0.4 is 0 Å². The van der Waals surface area contributed by atoms with Crippen molar-refractivity contribution < 1.29 is 9.23 Å². The zero-order valence-corrected chi connectivity index (χ0v) is 9.90. The van der Waals surface area contributed by atoms with Crippen LogP contribution in [0.2, 0.25) is 0 Å². The average molecular weight is 231 g/mol. The molecule has 1 aromatic rings. The lowest BCUT2D eigenvalue weighted by Crippen LogP contribution is -2.23. The molecular weight excluding hydrogens is 217 g/mol. The van der Waals surface area contributed by atoms with E-state index in [4.69, 9.17) is 4.84 Å². The molecule has 1 aromatic carbocycles. The van der Waals surface area contributed by atoms with Crippen molar-refractivity contribution in [1.82, 2.24) is 5.06 Å². The van der Waals surface area contributed by atoms with Crippen LogP contribution in [0.15, 0.2) is 60.1 Å². The zero-order chi connectivity index (χ0) is 12.4. The molecular formula is C14H14FNO. The van der Waals surface area contributed by atoms with Crippen molar-refractivity contribution in [2.24, 2.45) is 0 Å². The molecule has 0 spiro atoms. The van der Waals surface area contributed by atoms with Crippen molar-refractivity contribution in [1.29, 1.82) is 0 Å². The summed E-state index contributed by atoms with van der Waals surface area (Å²) in [7, 11) is 1.50. The van der Waals surface area contributed by atoms with Crippen LogP contribution >= 0.6 is 0 Å². The molecule has 17 heavy (non-hydrogen) atoms. The van der Waals surface area contributed by atoms with Gasteiger partial charge in [-0.15, -0.1) is 0 Å². The van der Waals surface area contributed by atoms with Crippen molar-refractivity contribution in [3.63, 3.8) is 0 Å². The van der Waals surface area contributed by atoms with E-state index in [1.54, 1.807) is 0 Å². The van der Waals surface area contributed by atoms with Crippen LogP contribution in [0.25, 0.3) is 5.70 Å². The number of rotatable bonds is 2. The maximum atomic E-state index is 13.6. The zero-order valence-electron chi connectivity index (χ0n) is 9.90. The fourth-order valence-corrected chi connectivity index (χ4v) is 1.88.